The Hall–Kier alpha value is -1.98. The van der Waals surface area contributed by atoms with E-state index in [1.165, 1.54) is 7.11 Å². The maximum Gasteiger partial charge on any atom is 0.303 e. The summed E-state index contributed by atoms with van der Waals surface area (Å²) in [6.07, 6.45) is -0.575. The number of rotatable bonds is 4. The van der Waals surface area contributed by atoms with Gasteiger partial charge in [-0.05, 0) is 6.42 Å². The van der Waals surface area contributed by atoms with Gasteiger partial charge in [0.25, 0.3) is 0 Å². The number of aliphatic carboxylic acids is 1. The van der Waals surface area contributed by atoms with Crippen LogP contribution in [0.3, 0.4) is 0 Å². The van der Waals surface area contributed by atoms with Gasteiger partial charge in [0.1, 0.15) is 0 Å². The van der Waals surface area contributed by atoms with Crippen LogP contribution in [-0.4, -0.2) is 28.4 Å². The fraction of sp³-hybridized carbons (Fsp3) is 0.300. The lowest BCUT2D eigenvalue weighted by Crippen LogP contribution is -2.01. The highest BCUT2D eigenvalue weighted by molar-refractivity contribution is 5.67. The average Bonchev–Trinajstić information content (AvgIpc) is 2.23. The zero-order valence-corrected chi connectivity index (χ0v) is 8.53. The van der Waals surface area contributed by atoms with Crippen LogP contribution in [0.5, 0.6) is 17.2 Å². The summed E-state index contributed by atoms with van der Waals surface area (Å²) in [5, 5.41) is 27.1. The lowest BCUT2D eigenvalue weighted by Gasteiger charge is -2.10. The molecule has 0 unspecified atom stereocenters. The molecule has 88 valence electrons. The first-order chi connectivity index (χ1) is 7.47. The highest BCUT2D eigenvalue weighted by Crippen LogP contribution is 2.37. The lowest BCUT2D eigenvalue weighted by atomic mass is 10.1. The minimum atomic E-state index is -1.12. The number of phenols is 2. The Bertz CT molecular complexity index is 416. The van der Waals surface area contributed by atoms with E-state index >= 15 is 0 Å². The van der Waals surface area contributed by atoms with Crippen molar-refractivity contribution in [3.63, 3.8) is 0 Å². The molecule has 0 aliphatic rings. The topological polar surface area (TPSA) is 87.0 Å². The SMILES string of the molecule is COc1cc(O)c(O)c(CCC(=O)O)c1F. The minimum absolute atomic E-state index is 0.224. The summed E-state index contributed by atoms with van der Waals surface area (Å²) in [6.45, 7) is 0. The molecule has 16 heavy (non-hydrogen) atoms. The third-order valence-electron chi connectivity index (χ3n) is 2.09. The highest BCUT2D eigenvalue weighted by atomic mass is 19.1. The molecule has 0 heterocycles. The van der Waals surface area contributed by atoms with Crippen molar-refractivity contribution in [2.45, 2.75) is 12.8 Å². The molecule has 0 saturated heterocycles. The molecule has 0 aliphatic carbocycles. The third-order valence-corrected chi connectivity index (χ3v) is 2.09. The first-order valence-corrected chi connectivity index (χ1v) is 4.46. The molecule has 1 aromatic rings. The number of halogens is 1. The van der Waals surface area contributed by atoms with Crippen LogP contribution in [0.2, 0.25) is 0 Å². The smallest absolute Gasteiger partial charge is 0.303 e. The summed E-state index contributed by atoms with van der Waals surface area (Å²) in [5.74, 6) is -3.42. The zero-order chi connectivity index (χ0) is 12.3. The summed E-state index contributed by atoms with van der Waals surface area (Å²) in [7, 11) is 1.20. The standard InChI is InChI=1S/C10H11FO5/c1-16-7-4-6(12)10(15)5(9(7)11)2-3-8(13)14/h4,12,15H,2-3H2,1H3,(H,13,14). The molecule has 0 saturated carbocycles. The number of hydrogen-bond donors (Lipinski definition) is 3. The molecule has 0 fully saturated rings. The van der Waals surface area contributed by atoms with Gasteiger partial charge in [0.15, 0.2) is 23.1 Å². The van der Waals surface area contributed by atoms with Crippen LogP contribution in [0.4, 0.5) is 4.39 Å². The molecule has 3 N–H and O–H groups in total. The van der Waals surface area contributed by atoms with Crippen molar-refractivity contribution < 1.29 is 29.2 Å². The molecule has 0 bridgehead atoms. The predicted octanol–water partition coefficient (Wildman–Crippen LogP) is 1.26. The minimum Gasteiger partial charge on any atom is -0.504 e. The Morgan fingerprint density at radius 1 is 1.50 bits per heavy atom. The Morgan fingerprint density at radius 2 is 2.12 bits per heavy atom. The average molecular weight is 230 g/mol. The number of hydrogen-bond acceptors (Lipinski definition) is 4. The monoisotopic (exact) mass is 230 g/mol. The number of carboxylic acid groups (broad SMARTS) is 1. The van der Waals surface area contributed by atoms with E-state index in [4.69, 9.17) is 5.11 Å². The zero-order valence-electron chi connectivity index (χ0n) is 8.53. The largest absolute Gasteiger partial charge is 0.504 e. The maximum absolute atomic E-state index is 13.6. The van der Waals surface area contributed by atoms with Gasteiger partial charge in [-0.1, -0.05) is 0 Å². The van der Waals surface area contributed by atoms with Gasteiger partial charge in [0.05, 0.1) is 7.11 Å². The van der Waals surface area contributed by atoms with Crippen molar-refractivity contribution in [1.29, 1.82) is 0 Å². The van der Waals surface area contributed by atoms with Gasteiger partial charge < -0.3 is 20.1 Å². The van der Waals surface area contributed by atoms with Crippen LogP contribution in [-0.2, 0) is 11.2 Å². The molecule has 0 aliphatic heterocycles. The van der Waals surface area contributed by atoms with Gasteiger partial charge in [-0.2, -0.15) is 0 Å². The fourth-order valence-electron chi connectivity index (χ4n) is 1.27. The Labute approximate surface area is 90.7 Å². The van der Waals surface area contributed by atoms with E-state index in [9.17, 15) is 19.4 Å². The maximum atomic E-state index is 13.6. The molecule has 1 aromatic carbocycles. The molecule has 1 rings (SSSR count). The van der Waals surface area contributed by atoms with Crippen molar-refractivity contribution in [1.82, 2.24) is 0 Å². The molecule has 6 heteroatoms. The van der Waals surface area contributed by atoms with Crippen LogP contribution in [0.1, 0.15) is 12.0 Å². The van der Waals surface area contributed by atoms with Gasteiger partial charge in [-0.25, -0.2) is 4.39 Å². The summed E-state index contributed by atoms with van der Waals surface area (Å²) in [4.78, 5) is 10.3. The van der Waals surface area contributed by atoms with Gasteiger partial charge in [0.2, 0.25) is 0 Å². The summed E-state index contributed by atoms with van der Waals surface area (Å²) >= 11 is 0. The quantitative estimate of drug-likeness (QED) is 0.678. The van der Waals surface area contributed by atoms with Crippen LogP contribution < -0.4 is 4.74 Å². The van der Waals surface area contributed by atoms with E-state index < -0.39 is 23.3 Å². The number of benzene rings is 1. The second kappa shape index (κ2) is 4.69. The molecule has 0 spiro atoms. The van der Waals surface area contributed by atoms with Crippen molar-refractivity contribution in [2.75, 3.05) is 7.11 Å². The fourth-order valence-corrected chi connectivity index (χ4v) is 1.27. The number of carbonyl (C=O) groups is 1. The predicted molar refractivity (Wildman–Crippen MR) is 52.2 cm³/mol. The molecular weight excluding hydrogens is 219 g/mol. The van der Waals surface area contributed by atoms with Crippen LogP contribution in [0.15, 0.2) is 6.07 Å². The van der Waals surface area contributed by atoms with Gasteiger partial charge >= 0.3 is 5.97 Å². The second-order valence-electron chi connectivity index (χ2n) is 3.13. The highest BCUT2D eigenvalue weighted by Gasteiger charge is 2.18. The van der Waals surface area contributed by atoms with Gasteiger partial charge in [0, 0.05) is 18.1 Å². The van der Waals surface area contributed by atoms with E-state index in [2.05, 4.69) is 4.74 Å². The number of aromatic hydroxyl groups is 2. The van der Waals surface area contributed by atoms with E-state index in [1.54, 1.807) is 0 Å². The molecule has 0 radical (unpaired) electrons. The first kappa shape index (κ1) is 12.1. The van der Waals surface area contributed by atoms with Gasteiger partial charge in [-0.15, -0.1) is 0 Å². The van der Waals surface area contributed by atoms with Crippen LogP contribution in [0, 0.1) is 5.82 Å². The van der Waals surface area contributed by atoms with Crippen molar-refractivity contribution in [2.24, 2.45) is 0 Å². The Kier molecular flexibility index (Phi) is 3.55. The molecule has 5 nitrogen and oxygen atoms in total. The van der Waals surface area contributed by atoms with Crippen molar-refractivity contribution >= 4 is 5.97 Å². The number of carboxylic acids is 1. The number of phenolic OH excluding ortho intramolecular Hbond substituents is 2. The Morgan fingerprint density at radius 3 is 2.62 bits per heavy atom. The van der Waals surface area contributed by atoms with E-state index in [1.807, 2.05) is 0 Å². The van der Waals surface area contributed by atoms with Crippen LogP contribution >= 0.6 is 0 Å². The first-order valence-electron chi connectivity index (χ1n) is 4.46. The van der Waals surface area contributed by atoms with E-state index in [0.717, 1.165) is 6.07 Å². The Balaban J connectivity index is 3.14. The van der Waals surface area contributed by atoms with Crippen molar-refractivity contribution in [3.8, 4) is 17.2 Å². The molecule has 0 atom stereocenters. The lowest BCUT2D eigenvalue weighted by molar-refractivity contribution is -0.136. The summed E-state index contributed by atoms with van der Waals surface area (Å²) in [5.41, 5.74) is -0.265. The van der Waals surface area contributed by atoms with E-state index in [-0.39, 0.29) is 24.2 Å². The molecular formula is C10H11FO5. The summed E-state index contributed by atoms with van der Waals surface area (Å²) in [6, 6.07) is 0.926. The normalized spacial score (nSPS) is 10.1. The molecule has 0 aromatic heterocycles. The summed E-state index contributed by atoms with van der Waals surface area (Å²) < 4.78 is 18.2. The van der Waals surface area contributed by atoms with Crippen LogP contribution in [0.25, 0.3) is 0 Å². The number of ether oxygens (including phenoxy) is 1. The molecule has 0 amide bonds. The second-order valence-corrected chi connectivity index (χ2v) is 3.13. The van der Waals surface area contributed by atoms with Crippen molar-refractivity contribution in [3.05, 3.63) is 17.4 Å². The number of methoxy groups -OCH3 is 1. The third kappa shape index (κ3) is 2.33. The van der Waals surface area contributed by atoms with Gasteiger partial charge in [-0.3, -0.25) is 4.79 Å². The van der Waals surface area contributed by atoms with E-state index in [0.29, 0.717) is 0 Å².